The first-order valence-electron chi connectivity index (χ1n) is 6.47. The Kier molecular flexibility index (Phi) is 3.30. The number of hydrogen-bond acceptors (Lipinski definition) is 6. The van der Waals surface area contributed by atoms with Gasteiger partial charge in [0.1, 0.15) is 22.3 Å². The van der Waals surface area contributed by atoms with Crippen LogP contribution in [0.25, 0.3) is 21.9 Å². The van der Waals surface area contributed by atoms with Gasteiger partial charge in [0.25, 0.3) is 0 Å². The summed E-state index contributed by atoms with van der Waals surface area (Å²) in [6, 6.07) is 7.30. The highest BCUT2D eigenvalue weighted by Gasteiger charge is 2.19. The maximum atomic E-state index is 12.7. The molecule has 22 heavy (non-hydrogen) atoms. The van der Waals surface area contributed by atoms with E-state index < -0.39 is 11.4 Å². The van der Waals surface area contributed by atoms with Crippen molar-refractivity contribution in [3.8, 4) is 5.75 Å². The van der Waals surface area contributed by atoms with E-state index in [-0.39, 0.29) is 39.9 Å². The second-order valence-corrected chi connectivity index (χ2v) is 4.75. The number of phenols is 1. The maximum Gasteiger partial charge on any atom is 0.338 e. The van der Waals surface area contributed by atoms with Crippen LogP contribution in [-0.4, -0.2) is 23.3 Å². The number of hydrogen-bond donors (Lipinski definition) is 2. The van der Waals surface area contributed by atoms with Crippen LogP contribution in [-0.2, 0) is 11.3 Å². The van der Waals surface area contributed by atoms with E-state index in [2.05, 4.69) is 4.74 Å². The van der Waals surface area contributed by atoms with Crippen LogP contribution in [0.15, 0.2) is 39.5 Å². The van der Waals surface area contributed by atoms with Crippen LogP contribution in [0.2, 0.25) is 0 Å². The van der Waals surface area contributed by atoms with Gasteiger partial charge < -0.3 is 19.4 Å². The Bertz CT molecular complexity index is 954. The van der Waals surface area contributed by atoms with E-state index in [1.807, 2.05) is 0 Å². The molecule has 0 spiro atoms. The second kappa shape index (κ2) is 5.16. The van der Waals surface area contributed by atoms with Gasteiger partial charge in [0, 0.05) is 0 Å². The normalized spacial score (nSPS) is 11.0. The first kappa shape index (κ1) is 14.1. The van der Waals surface area contributed by atoms with Crippen LogP contribution in [0.5, 0.6) is 5.75 Å². The van der Waals surface area contributed by atoms with Crippen LogP contribution in [0.1, 0.15) is 15.9 Å². The third kappa shape index (κ3) is 2.01. The van der Waals surface area contributed by atoms with Gasteiger partial charge in [-0.2, -0.15) is 0 Å². The first-order chi connectivity index (χ1) is 10.6. The van der Waals surface area contributed by atoms with Crippen molar-refractivity contribution in [2.75, 3.05) is 7.11 Å². The van der Waals surface area contributed by atoms with Gasteiger partial charge in [-0.05, 0) is 29.8 Å². The molecule has 6 heteroatoms. The Labute approximate surface area is 124 Å². The fourth-order valence-corrected chi connectivity index (χ4v) is 2.43. The molecule has 0 aliphatic rings. The number of phenolic OH excluding ortho intramolecular Hbond substituents is 1. The molecule has 112 valence electrons. The van der Waals surface area contributed by atoms with E-state index in [1.54, 1.807) is 12.1 Å². The summed E-state index contributed by atoms with van der Waals surface area (Å²) in [5.74, 6) is -0.947. The highest BCUT2D eigenvalue weighted by molar-refractivity contribution is 6.06. The Morgan fingerprint density at radius 3 is 2.68 bits per heavy atom. The van der Waals surface area contributed by atoms with Crippen molar-refractivity contribution in [3.63, 3.8) is 0 Å². The molecule has 0 fully saturated rings. The minimum absolute atomic E-state index is 0.00287. The third-order valence-electron chi connectivity index (χ3n) is 3.43. The van der Waals surface area contributed by atoms with Crippen molar-refractivity contribution < 1.29 is 24.2 Å². The molecule has 1 aromatic heterocycles. The molecular formula is C16H12O6. The molecule has 0 radical (unpaired) electrons. The van der Waals surface area contributed by atoms with E-state index in [1.165, 1.54) is 25.3 Å². The minimum Gasteiger partial charge on any atom is -0.507 e. The van der Waals surface area contributed by atoms with E-state index in [9.17, 15) is 19.8 Å². The largest absolute Gasteiger partial charge is 0.507 e. The Morgan fingerprint density at radius 2 is 2.00 bits per heavy atom. The highest BCUT2D eigenvalue weighted by atomic mass is 16.5. The van der Waals surface area contributed by atoms with E-state index in [0.717, 1.165) is 0 Å². The number of aliphatic hydroxyl groups is 1. The average Bonchev–Trinajstić information content (AvgIpc) is 2.52. The fraction of sp³-hybridized carbons (Fsp3) is 0.125. The Hall–Kier alpha value is -2.86. The average molecular weight is 300 g/mol. The van der Waals surface area contributed by atoms with E-state index in [0.29, 0.717) is 5.56 Å². The molecule has 0 aliphatic heterocycles. The zero-order chi connectivity index (χ0) is 15.9. The molecule has 2 N–H and O–H groups in total. The van der Waals surface area contributed by atoms with E-state index >= 15 is 0 Å². The van der Waals surface area contributed by atoms with Crippen LogP contribution in [0.4, 0.5) is 0 Å². The molecule has 2 aromatic carbocycles. The molecule has 6 nitrogen and oxygen atoms in total. The maximum absolute atomic E-state index is 12.7. The Morgan fingerprint density at radius 1 is 1.23 bits per heavy atom. The van der Waals surface area contributed by atoms with Gasteiger partial charge in [0.15, 0.2) is 0 Å². The number of aliphatic hydroxyl groups excluding tert-OH is 1. The lowest BCUT2D eigenvalue weighted by atomic mass is 10.0. The molecule has 3 aromatic rings. The third-order valence-corrected chi connectivity index (χ3v) is 3.43. The van der Waals surface area contributed by atoms with Crippen LogP contribution in [0.3, 0.4) is 0 Å². The number of carbonyl (C=O) groups excluding carboxylic acids is 1. The minimum atomic E-state index is -0.720. The summed E-state index contributed by atoms with van der Waals surface area (Å²) < 4.78 is 10.3. The fourth-order valence-electron chi connectivity index (χ4n) is 2.43. The molecule has 3 rings (SSSR count). The molecular weight excluding hydrogens is 288 g/mol. The number of carbonyl (C=O) groups is 1. The van der Waals surface area contributed by atoms with E-state index in [4.69, 9.17) is 4.42 Å². The molecule has 0 unspecified atom stereocenters. The highest BCUT2D eigenvalue weighted by Crippen LogP contribution is 2.27. The summed E-state index contributed by atoms with van der Waals surface area (Å²) in [5, 5.41) is 19.2. The number of aromatic hydroxyl groups is 1. The number of esters is 1. The van der Waals surface area contributed by atoms with Gasteiger partial charge in [-0.1, -0.05) is 6.07 Å². The lowest BCUT2D eigenvalue weighted by Gasteiger charge is -2.08. The molecule has 1 heterocycles. The number of methoxy groups -OCH3 is 1. The van der Waals surface area contributed by atoms with Gasteiger partial charge in [-0.25, -0.2) is 4.79 Å². The standard InChI is InChI=1S/C16H12O6/c1-21-16(20)9-5-8(7-17)6-12-13(9)15(19)14-10(18)3-2-4-11(14)22-12/h2-6,17-18H,7H2,1H3. The lowest BCUT2D eigenvalue weighted by Crippen LogP contribution is -2.11. The van der Waals surface area contributed by atoms with Crippen molar-refractivity contribution in [1.29, 1.82) is 0 Å². The smallest absolute Gasteiger partial charge is 0.338 e. The van der Waals surface area contributed by atoms with Gasteiger partial charge in [0.2, 0.25) is 5.43 Å². The van der Waals surface area contributed by atoms with Crippen molar-refractivity contribution in [1.82, 2.24) is 0 Å². The van der Waals surface area contributed by atoms with Gasteiger partial charge in [-0.3, -0.25) is 4.79 Å². The Balaban J connectivity index is 2.56. The second-order valence-electron chi connectivity index (χ2n) is 4.75. The zero-order valence-corrected chi connectivity index (χ0v) is 11.6. The number of benzene rings is 2. The molecule has 0 saturated carbocycles. The molecule has 0 amide bonds. The predicted octanol–water partition coefficient (Wildman–Crippen LogP) is 1.93. The zero-order valence-electron chi connectivity index (χ0n) is 11.6. The van der Waals surface area contributed by atoms with Gasteiger partial charge >= 0.3 is 5.97 Å². The number of ether oxygens (including phenoxy) is 1. The topological polar surface area (TPSA) is 97.0 Å². The molecule has 0 bridgehead atoms. The monoisotopic (exact) mass is 300 g/mol. The van der Waals surface area contributed by atoms with Crippen molar-refractivity contribution >= 4 is 27.9 Å². The summed E-state index contributed by atoms with van der Waals surface area (Å²) in [6.45, 7) is -0.318. The quantitative estimate of drug-likeness (QED) is 0.554. The first-order valence-corrected chi connectivity index (χ1v) is 6.47. The number of rotatable bonds is 2. The van der Waals surface area contributed by atoms with Crippen LogP contribution >= 0.6 is 0 Å². The van der Waals surface area contributed by atoms with Crippen molar-refractivity contribution in [3.05, 3.63) is 51.7 Å². The molecule has 0 atom stereocenters. The van der Waals surface area contributed by atoms with Crippen molar-refractivity contribution in [2.45, 2.75) is 6.61 Å². The SMILES string of the molecule is COC(=O)c1cc(CO)cc2oc3cccc(O)c3c(=O)c12. The summed E-state index contributed by atoms with van der Waals surface area (Å²) in [7, 11) is 1.19. The molecule has 0 aliphatic carbocycles. The lowest BCUT2D eigenvalue weighted by molar-refractivity contribution is 0.0602. The van der Waals surface area contributed by atoms with Crippen molar-refractivity contribution in [2.24, 2.45) is 0 Å². The van der Waals surface area contributed by atoms with Crippen LogP contribution in [0, 0.1) is 0 Å². The van der Waals surface area contributed by atoms with Gasteiger partial charge in [0.05, 0.1) is 24.7 Å². The number of fused-ring (bicyclic) bond motifs is 2. The summed E-state index contributed by atoms with van der Waals surface area (Å²) in [4.78, 5) is 24.6. The predicted molar refractivity (Wildman–Crippen MR) is 78.9 cm³/mol. The van der Waals surface area contributed by atoms with Gasteiger partial charge in [-0.15, -0.1) is 0 Å². The summed E-state index contributed by atoms with van der Waals surface area (Å²) in [6.07, 6.45) is 0. The van der Waals surface area contributed by atoms with Crippen LogP contribution < -0.4 is 5.43 Å². The molecule has 0 saturated heterocycles. The summed E-state index contributed by atoms with van der Waals surface area (Å²) >= 11 is 0. The summed E-state index contributed by atoms with van der Waals surface area (Å²) in [5.41, 5.74) is 0.219.